The van der Waals surface area contributed by atoms with E-state index in [4.69, 9.17) is 14.4 Å². The number of hydrogen-bond donors (Lipinski definition) is 3. The fourth-order valence-corrected chi connectivity index (χ4v) is 0.705. The Morgan fingerprint density at radius 3 is 2.33 bits per heavy atom. The van der Waals surface area contributed by atoms with Crippen LogP contribution in [0, 0.1) is 0 Å². The number of hydrogen-bond acceptors (Lipinski definition) is 5. The van der Waals surface area contributed by atoms with E-state index in [-0.39, 0.29) is 6.61 Å². The molecule has 0 amide bonds. The molecule has 0 saturated carbocycles. The molecule has 0 aliphatic heterocycles. The van der Waals surface area contributed by atoms with Crippen LogP contribution in [0.1, 0.15) is 0 Å². The lowest BCUT2D eigenvalue weighted by molar-refractivity contribution is -0.137. The Morgan fingerprint density at radius 2 is 2.00 bits per heavy atom. The number of rotatable bonds is 4. The molecule has 12 heavy (non-hydrogen) atoms. The molecule has 0 aromatic heterocycles. The topological polar surface area (TPSA) is 87.0 Å². The predicted molar refractivity (Wildman–Crippen MR) is 42.7 cm³/mol. The van der Waals surface area contributed by atoms with Crippen molar-refractivity contribution in [3.05, 3.63) is 24.4 Å². The summed E-state index contributed by atoms with van der Waals surface area (Å²) in [6.45, 7) is 6.19. The van der Waals surface area contributed by atoms with Crippen molar-refractivity contribution in [2.75, 3.05) is 6.61 Å². The second kappa shape index (κ2) is 4.17. The lowest BCUT2D eigenvalue weighted by atomic mass is 10.6. The van der Waals surface area contributed by atoms with Crippen LogP contribution in [0.2, 0.25) is 0 Å². The van der Waals surface area contributed by atoms with Crippen LogP contribution in [-0.2, 0) is 9.53 Å². The molecular weight excluding hydrogens is 180 g/mol. The molecule has 0 radical (unpaired) electrons. The standard InChI is InChI=1S/C6H10O5Si/c1-3-4-11-6(7)5(2)12(8,9)10/h3,8-10H,1-2,4H2. The van der Waals surface area contributed by atoms with E-state index in [2.05, 4.69) is 17.9 Å². The fraction of sp³-hybridized carbons (Fsp3) is 0.167. The Balaban J connectivity index is 4.12. The highest BCUT2D eigenvalue weighted by molar-refractivity contribution is 6.70. The SMILES string of the molecule is C=CCOC(=O)C(=C)[Si](O)(O)O. The summed E-state index contributed by atoms with van der Waals surface area (Å²) < 4.78 is 4.38. The summed E-state index contributed by atoms with van der Waals surface area (Å²) >= 11 is 0. The highest BCUT2D eigenvalue weighted by Crippen LogP contribution is 2.04. The van der Waals surface area contributed by atoms with Crippen molar-refractivity contribution < 1.29 is 23.9 Å². The number of carbonyl (C=O) groups is 1. The summed E-state index contributed by atoms with van der Waals surface area (Å²) in [6, 6.07) is 0. The van der Waals surface area contributed by atoms with Gasteiger partial charge >= 0.3 is 14.8 Å². The molecule has 0 heterocycles. The number of esters is 1. The third-order valence-electron chi connectivity index (χ3n) is 0.984. The van der Waals surface area contributed by atoms with Crippen LogP contribution in [0.25, 0.3) is 0 Å². The van der Waals surface area contributed by atoms with Gasteiger partial charge in [-0.15, -0.1) is 0 Å². The summed E-state index contributed by atoms with van der Waals surface area (Å²) in [4.78, 5) is 36.5. The molecule has 0 spiro atoms. The van der Waals surface area contributed by atoms with Gasteiger partial charge < -0.3 is 19.1 Å². The van der Waals surface area contributed by atoms with Crippen LogP contribution >= 0.6 is 0 Å². The van der Waals surface area contributed by atoms with Crippen LogP contribution < -0.4 is 0 Å². The van der Waals surface area contributed by atoms with Crippen molar-refractivity contribution >= 4 is 14.8 Å². The van der Waals surface area contributed by atoms with Gasteiger partial charge in [0.05, 0.1) is 5.20 Å². The second-order valence-corrected chi connectivity index (χ2v) is 3.88. The molecule has 0 aliphatic carbocycles. The van der Waals surface area contributed by atoms with Crippen molar-refractivity contribution in [2.24, 2.45) is 0 Å². The van der Waals surface area contributed by atoms with Gasteiger partial charge in [0, 0.05) is 0 Å². The van der Waals surface area contributed by atoms with E-state index in [1.165, 1.54) is 6.08 Å². The van der Waals surface area contributed by atoms with E-state index in [1.54, 1.807) is 0 Å². The first-order valence-electron chi connectivity index (χ1n) is 3.04. The molecule has 0 unspecified atom stereocenters. The van der Waals surface area contributed by atoms with Crippen molar-refractivity contribution in [1.82, 2.24) is 0 Å². The normalized spacial score (nSPS) is 10.6. The van der Waals surface area contributed by atoms with E-state index in [9.17, 15) is 4.79 Å². The zero-order valence-electron chi connectivity index (χ0n) is 6.36. The van der Waals surface area contributed by atoms with Crippen LogP contribution in [0.5, 0.6) is 0 Å². The maximum atomic E-state index is 10.7. The number of carbonyl (C=O) groups excluding carboxylic acids is 1. The molecule has 6 heteroatoms. The second-order valence-electron chi connectivity index (χ2n) is 2.00. The minimum absolute atomic E-state index is 0.0671. The van der Waals surface area contributed by atoms with Crippen LogP contribution in [0.3, 0.4) is 0 Å². The largest absolute Gasteiger partial charge is 0.535 e. The predicted octanol–water partition coefficient (Wildman–Crippen LogP) is -1.27. The molecule has 0 atom stereocenters. The number of ether oxygens (including phenoxy) is 1. The molecule has 5 nitrogen and oxygen atoms in total. The molecule has 68 valence electrons. The molecular formula is C6H10O5Si. The van der Waals surface area contributed by atoms with Crippen LogP contribution in [0.15, 0.2) is 24.4 Å². The van der Waals surface area contributed by atoms with Crippen molar-refractivity contribution in [3.8, 4) is 0 Å². The summed E-state index contributed by atoms with van der Waals surface area (Å²) in [6.07, 6.45) is 1.31. The molecule has 0 bridgehead atoms. The molecule has 0 rings (SSSR count). The van der Waals surface area contributed by atoms with E-state index in [1.807, 2.05) is 0 Å². The van der Waals surface area contributed by atoms with Gasteiger partial charge in [0.1, 0.15) is 6.61 Å². The van der Waals surface area contributed by atoms with Gasteiger partial charge in [-0.2, -0.15) is 0 Å². The van der Waals surface area contributed by atoms with Crippen molar-refractivity contribution in [2.45, 2.75) is 0 Å². The summed E-state index contributed by atoms with van der Waals surface area (Å²) in [7, 11) is -4.58. The molecule has 0 fully saturated rings. The zero-order valence-corrected chi connectivity index (χ0v) is 7.36. The zero-order chi connectivity index (χ0) is 9.78. The van der Waals surface area contributed by atoms with Gasteiger partial charge in [-0.25, -0.2) is 4.79 Å². The van der Waals surface area contributed by atoms with E-state index < -0.39 is 20.0 Å². The van der Waals surface area contributed by atoms with Crippen LogP contribution in [-0.4, -0.2) is 35.8 Å². The molecule has 0 aliphatic rings. The van der Waals surface area contributed by atoms with Crippen LogP contribution in [0.4, 0.5) is 0 Å². The smallest absolute Gasteiger partial charge is 0.458 e. The van der Waals surface area contributed by atoms with E-state index >= 15 is 0 Å². The quantitative estimate of drug-likeness (QED) is 0.223. The van der Waals surface area contributed by atoms with E-state index in [0.29, 0.717) is 0 Å². The Kier molecular flexibility index (Phi) is 3.84. The van der Waals surface area contributed by atoms with Gasteiger partial charge in [-0.05, 0) is 0 Å². The molecule has 0 aromatic carbocycles. The average Bonchev–Trinajstić information content (AvgIpc) is 1.97. The highest BCUT2D eigenvalue weighted by Gasteiger charge is 2.37. The first-order chi connectivity index (χ1) is 5.39. The first-order valence-corrected chi connectivity index (χ1v) is 4.88. The lowest BCUT2D eigenvalue weighted by Crippen LogP contribution is -2.41. The van der Waals surface area contributed by atoms with Gasteiger partial charge in [0.2, 0.25) is 0 Å². The third kappa shape index (κ3) is 3.44. The minimum atomic E-state index is -4.58. The minimum Gasteiger partial charge on any atom is -0.458 e. The maximum Gasteiger partial charge on any atom is 0.535 e. The Morgan fingerprint density at radius 1 is 1.50 bits per heavy atom. The first kappa shape index (κ1) is 11.0. The third-order valence-corrected chi connectivity index (χ3v) is 2.00. The molecule has 0 aromatic rings. The van der Waals surface area contributed by atoms with Gasteiger partial charge in [-0.1, -0.05) is 19.2 Å². The Hall–Kier alpha value is -0.953. The summed E-state index contributed by atoms with van der Waals surface area (Å²) in [5.41, 5.74) is 0. The monoisotopic (exact) mass is 190 g/mol. The fourth-order valence-electron chi connectivity index (χ4n) is 0.359. The Labute approximate surface area is 70.6 Å². The molecule has 3 N–H and O–H groups in total. The van der Waals surface area contributed by atoms with Crippen molar-refractivity contribution in [3.63, 3.8) is 0 Å². The highest BCUT2D eigenvalue weighted by atomic mass is 28.4. The summed E-state index contributed by atoms with van der Waals surface area (Å²) in [5.74, 6) is -1.03. The molecule has 0 saturated heterocycles. The summed E-state index contributed by atoms with van der Waals surface area (Å²) in [5, 5.41) is -0.704. The van der Waals surface area contributed by atoms with Gasteiger partial charge in [-0.3, -0.25) is 0 Å². The van der Waals surface area contributed by atoms with Gasteiger partial charge in [0.15, 0.2) is 0 Å². The lowest BCUT2D eigenvalue weighted by Gasteiger charge is -2.10. The average molecular weight is 190 g/mol. The van der Waals surface area contributed by atoms with Crippen molar-refractivity contribution in [1.29, 1.82) is 0 Å². The van der Waals surface area contributed by atoms with E-state index in [0.717, 1.165) is 0 Å². The Bertz CT molecular complexity index is 204. The van der Waals surface area contributed by atoms with Gasteiger partial charge in [0.25, 0.3) is 0 Å². The maximum absolute atomic E-state index is 10.7.